The normalized spacial score (nSPS) is 16.3. The zero-order chi connectivity index (χ0) is 14.9. The van der Waals surface area contributed by atoms with E-state index in [-0.39, 0.29) is 0 Å². The van der Waals surface area contributed by atoms with Gasteiger partial charge >= 0.3 is 0 Å². The molecule has 1 fully saturated rings. The number of halogens is 1. The lowest BCUT2D eigenvalue weighted by molar-refractivity contribution is 0.367. The molecule has 0 radical (unpaired) electrons. The van der Waals surface area contributed by atoms with Crippen LogP contribution in [0, 0.1) is 0 Å². The molecule has 0 spiro atoms. The molecule has 0 atom stereocenters. The van der Waals surface area contributed by atoms with Crippen LogP contribution in [0.15, 0.2) is 48.9 Å². The fraction of sp³-hybridized carbons (Fsp3) is 0.294. The lowest BCUT2D eigenvalue weighted by atomic mass is 10.0. The summed E-state index contributed by atoms with van der Waals surface area (Å²) >= 11 is 6.07. The Hall–Kier alpha value is -2.07. The van der Waals surface area contributed by atoms with Crippen molar-refractivity contribution in [3.8, 4) is 0 Å². The number of nitrogens with zero attached hydrogens (tertiary/aromatic N) is 4. The van der Waals surface area contributed by atoms with E-state index in [2.05, 4.69) is 38.0 Å². The van der Waals surface area contributed by atoms with Crippen LogP contribution in [0.2, 0.25) is 5.02 Å². The summed E-state index contributed by atoms with van der Waals surface area (Å²) in [5, 5.41) is 6.27. The highest BCUT2D eigenvalue weighted by atomic mass is 35.5. The summed E-state index contributed by atoms with van der Waals surface area (Å²) in [6.07, 6.45) is 8.00. The maximum absolute atomic E-state index is 6.07. The van der Waals surface area contributed by atoms with Crippen molar-refractivity contribution in [1.29, 1.82) is 0 Å². The van der Waals surface area contributed by atoms with Gasteiger partial charge in [-0.15, -0.1) is 0 Å². The molecule has 0 amide bonds. The first-order valence-corrected chi connectivity index (χ1v) is 7.97. The van der Waals surface area contributed by atoms with Crippen LogP contribution in [-0.2, 0) is 0 Å². The van der Waals surface area contributed by atoms with Crippen LogP contribution in [0.5, 0.6) is 0 Å². The number of benzene rings is 1. The minimum atomic E-state index is 0.508. The Balaban J connectivity index is 1.59. The first kappa shape index (κ1) is 13.6. The third-order valence-corrected chi connectivity index (χ3v) is 4.62. The standard InChI is InChI=1S/C17H17ClN4/c18-13-2-3-15-16(12-13)19-8-4-17(15)21-10-5-14(6-11-21)22-9-1-7-20-22/h1-4,7-9,12,14H,5-6,10-11H2. The quantitative estimate of drug-likeness (QED) is 0.719. The summed E-state index contributed by atoms with van der Waals surface area (Å²) in [6.45, 7) is 2.07. The number of piperidine rings is 1. The van der Waals surface area contributed by atoms with E-state index in [0.717, 1.165) is 36.5 Å². The Kier molecular flexibility index (Phi) is 3.47. The van der Waals surface area contributed by atoms with Crippen molar-refractivity contribution < 1.29 is 0 Å². The molecule has 5 heteroatoms. The minimum Gasteiger partial charge on any atom is -0.371 e. The number of pyridine rings is 1. The van der Waals surface area contributed by atoms with Gasteiger partial charge in [-0.2, -0.15) is 5.10 Å². The third-order valence-electron chi connectivity index (χ3n) is 4.39. The predicted molar refractivity (Wildman–Crippen MR) is 89.5 cm³/mol. The molecule has 1 aromatic carbocycles. The van der Waals surface area contributed by atoms with Crippen molar-refractivity contribution in [3.63, 3.8) is 0 Å². The number of fused-ring (bicyclic) bond motifs is 1. The van der Waals surface area contributed by atoms with Crippen molar-refractivity contribution in [2.75, 3.05) is 18.0 Å². The molecular weight excluding hydrogens is 296 g/mol. The largest absolute Gasteiger partial charge is 0.371 e. The Labute approximate surface area is 134 Å². The van der Waals surface area contributed by atoms with Crippen molar-refractivity contribution in [1.82, 2.24) is 14.8 Å². The molecule has 112 valence electrons. The summed E-state index contributed by atoms with van der Waals surface area (Å²) in [6, 6.07) is 10.5. The van der Waals surface area contributed by atoms with Gasteiger partial charge in [0.2, 0.25) is 0 Å². The van der Waals surface area contributed by atoms with E-state index in [1.54, 1.807) is 0 Å². The van der Waals surface area contributed by atoms with Crippen LogP contribution in [0.1, 0.15) is 18.9 Å². The Morgan fingerprint density at radius 3 is 2.73 bits per heavy atom. The highest BCUT2D eigenvalue weighted by molar-refractivity contribution is 6.31. The van der Waals surface area contributed by atoms with Gasteiger partial charge in [-0.3, -0.25) is 9.67 Å². The molecule has 1 aliphatic heterocycles. The summed E-state index contributed by atoms with van der Waals surface area (Å²) in [7, 11) is 0. The molecular formula is C17H17ClN4. The van der Waals surface area contributed by atoms with E-state index >= 15 is 0 Å². The second-order valence-electron chi connectivity index (χ2n) is 5.70. The molecule has 0 aliphatic carbocycles. The van der Waals surface area contributed by atoms with E-state index in [0.29, 0.717) is 6.04 Å². The van der Waals surface area contributed by atoms with Crippen LogP contribution < -0.4 is 4.90 Å². The molecule has 0 N–H and O–H groups in total. The summed E-state index contributed by atoms with van der Waals surface area (Å²) in [5.41, 5.74) is 2.21. The van der Waals surface area contributed by atoms with Crippen molar-refractivity contribution in [2.45, 2.75) is 18.9 Å². The van der Waals surface area contributed by atoms with E-state index < -0.39 is 0 Å². The van der Waals surface area contributed by atoms with Crippen LogP contribution >= 0.6 is 11.6 Å². The lowest BCUT2D eigenvalue weighted by Crippen LogP contribution is -2.34. The van der Waals surface area contributed by atoms with Gasteiger partial charge in [0.1, 0.15) is 0 Å². The van der Waals surface area contributed by atoms with Crippen molar-refractivity contribution >= 4 is 28.2 Å². The SMILES string of the molecule is Clc1ccc2c(N3CCC(n4cccn4)CC3)ccnc2c1. The zero-order valence-corrected chi connectivity index (χ0v) is 12.9. The molecule has 2 aromatic heterocycles. The van der Waals surface area contributed by atoms with Crippen LogP contribution in [0.4, 0.5) is 5.69 Å². The second-order valence-corrected chi connectivity index (χ2v) is 6.13. The van der Waals surface area contributed by atoms with Crippen LogP contribution in [-0.4, -0.2) is 27.9 Å². The molecule has 0 bridgehead atoms. The first-order valence-electron chi connectivity index (χ1n) is 7.59. The van der Waals surface area contributed by atoms with Gasteiger partial charge < -0.3 is 4.90 Å². The Bertz CT molecular complexity index is 776. The maximum atomic E-state index is 6.07. The maximum Gasteiger partial charge on any atom is 0.0737 e. The minimum absolute atomic E-state index is 0.508. The van der Waals surface area contributed by atoms with Crippen molar-refractivity contribution in [3.05, 3.63) is 53.9 Å². The molecule has 1 aliphatic rings. The van der Waals surface area contributed by atoms with Gasteiger partial charge in [-0.1, -0.05) is 11.6 Å². The third kappa shape index (κ3) is 2.44. The van der Waals surface area contributed by atoms with E-state index in [4.69, 9.17) is 11.6 Å². The van der Waals surface area contributed by atoms with E-state index in [1.165, 1.54) is 11.1 Å². The molecule has 4 rings (SSSR count). The van der Waals surface area contributed by atoms with Gasteiger partial charge in [-0.25, -0.2) is 0 Å². The average molecular weight is 313 g/mol. The van der Waals surface area contributed by atoms with Gasteiger partial charge in [0.15, 0.2) is 0 Å². The second kappa shape index (κ2) is 5.61. The number of anilines is 1. The molecule has 0 saturated carbocycles. The molecule has 4 nitrogen and oxygen atoms in total. The molecule has 22 heavy (non-hydrogen) atoms. The summed E-state index contributed by atoms with van der Waals surface area (Å²) in [5.74, 6) is 0. The van der Waals surface area contributed by atoms with Gasteiger partial charge in [0, 0.05) is 47.8 Å². The number of hydrogen-bond acceptors (Lipinski definition) is 3. The van der Waals surface area contributed by atoms with Gasteiger partial charge in [0.25, 0.3) is 0 Å². The predicted octanol–water partition coefficient (Wildman–Crippen LogP) is 3.93. The highest BCUT2D eigenvalue weighted by Crippen LogP contribution is 2.31. The fourth-order valence-corrected chi connectivity index (χ4v) is 3.42. The highest BCUT2D eigenvalue weighted by Gasteiger charge is 2.22. The molecule has 0 unspecified atom stereocenters. The van der Waals surface area contributed by atoms with Gasteiger partial charge in [0.05, 0.1) is 11.6 Å². The van der Waals surface area contributed by atoms with Crippen LogP contribution in [0.3, 0.4) is 0 Å². The molecule has 3 aromatic rings. The number of rotatable bonds is 2. The number of hydrogen-bond donors (Lipinski definition) is 0. The van der Waals surface area contributed by atoms with Crippen LogP contribution in [0.25, 0.3) is 10.9 Å². The molecule has 1 saturated heterocycles. The summed E-state index contributed by atoms with van der Waals surface area (Å²) in [4.78, 5) is 6.87. The topological polar surface area (TPSA) is 34.0 Å². The van der Waals surface area contributed by atoms with E-state index in [9.17, 15) is 0 Å². The average Bonchev–Trinajstić information content (AvgIpc) is 3.09. The summed E-state index contributed by atoms with van der Waals surface area (Å²) < 4.78 is 2.09. The Morgan fingerprint density at radius 1 is 1.09 bits per heavy atom. The van der Waals surface area contributed by atoms with Gasteiger partial charge in [-0.05, 0) is 43.2 Å². The van der Waals surface area contributed by atoms with E-state index in [1.807, 2.05) is 30.6 Å². The Morgan fingerprint density at radius 2 is 1.95 bits per heavy atom. The molecule has 3 heterocycles. The lowest BCUT2D eigenvalue weighted by Gasteiger charge is -2.34. The fourth-order valence-electron chi connectivity index (χ4n) is 3.25. The number of aromatic nitrogens is 3. The zero-order valence-electron chi connectivity index (χ0n) is 12.2. The first-order chi connectivity index (χ1) is 10.8. The monoisotopic (exact) mass is 312 g/mol. The van der Waals surface area contributed by atoms with Crippen molar-refractivity contribution in [2.24, 2.45) is 0 Å². The smallest absolute Gasteiger partial charge is 0.0737 e.